The van der Waals surface area contributed by atoms with E-state index in [2.05, 4.69) is 0 Å². The summed E-state index contributed by atoms with van der Waals surface area (Å²) >= 11 is 6.01. The van der Waals surface area contributed by atoms with Crippen LogP contribution >= 0.6 is 11.6 Å². The lowest BCUT2D eigenvalue weighted by Crippen LogP contribution is -2.19. The summed E-state index contributed by atoms with van der Waals surface area (Å²) in [5, 5.41) is 0.662. The molecular weight excluding hydrogens is 258 g/mol. The van der Waals surface area contributed by atoms with Crippen molar-refractivity contribution in [2.45, 2.75) is 20.0 Å². The van der Waals surface area contributed by atoms with Gasteiger partial charge in [-0.2, -0.15) is 0 Å². The Labute approximate surface area is 112 Å². The van der Waals surface area contributed by atoms with Crippen molar-refractivity contribution >= 4 is 17.3 Å². The molecule has 5 nitrogen and oxygen atoms in total. The van der Waals surface area contributed by atoms with E-state index < -0.39 is 6.48 Å². The highest BCUT2D eigenvalue weighted by Gasteiger charge is 2.08. The molecule has 1 aromatic rings. The normalized spacial score (nSPS) is 11.2. The maximum Gasteiger partial charge on any atom is 0.273 e. The summed E-state index contributed by atoms with van der Waals surface area (Å²) in [5.74, 6) is 0. The van der Waals surface area contributed by atoms with Gasteiger partial charge in [0, 0.05) is 30.5 Å². The Morgan fingerprint density at radius 1 is 1.28 bits per heavy atom. The van der Waals surface area contributed by atoms with Crippen molar-refractivity contribution in [1.29, 1.82) is 0 Å². The Morgan fingerprint density at radius 3 is 2.56 bits per heavy atom. The van der Waals surface area contributed by atoms with Crippen molar-refractivity contribution in [2.75, 3.05) is 26.7 Å². The maximum atomic E-state index is 6.01. The van der Waals surface area contributed by atoms with Gasteiger partial charge in [0.15, 0.2) is 6.79 Å². The van der Waals surface area contributed by atoms with Crippen LogP contribution in [0, 0.1) is 6.92 Å². The van der Waals surface area contributed by atoms with E-state index in [0.717, 1.165) is 11.1 Å². The molecule has 0 aliphatic heterocycles. The lowest BCUT2D eigenvalue weighted by Gasteiger charge is -2.15. The summed E-state index contributed by atoms with van der Waals surface area (Å²) in [6, 6.07) is 3.51. The standard InChI is InChI=1S/C12H18ClNO4/c1-8-9(11(14)5-4-10(8)13)6-17-7-18-12(15-2)16-3/h4-5,12H,6-7,14H2,1-3H3. The quantitative estimate of drug-likeness (QED) is 0.470. The number of rotatable bonds is 7. The topological polar surface area (TPSA) is 62.9 Å². The average molecular weight is 276 g/mol. The number of methoxy groups -OCH3 is 2. The molecule has 0 aromatic heterocycles. The molecule has 0 unspecified atom stereocenters. The van der Waals surface area contributed by atoms with Crippen molar-refractivity contribution in [3.05, 3.63) is 28.3 Å². The molecule has 6 heteroatoms. The summed E-state index contributed by atoms with van der Waals surface area (Å²) < 4.78 is 20.2. The first kappa shape index (κ1) is 15.2. The van der Waals surface area contributed by atoms with E-state index in [1.165, 1.54) is 14.2 Å². The van der Waals surface area contributed by atoms with Gasteiger partial charge in [-0.15, -0.1) is 0 Å². The number of nitrogens with two attached hydrogens (primary N) is 1. The molecule has 102 valence electrons. The van der Waals surface area contributed by atoms with E-state index in [9.17, 15) is 0 Å². The van der Waals surface area contributed by atoms with E-state index in [0.29, 0.717) is 17.3 Å². The number of halogens is 1. The monoisotopic (exact) mass is 275 g/mol. The maximum absolute atomic E-state index is 6.01. The van der Waals surface area contributed by atoms with E-state index in [1.807, 2.05) is 6.92 Å². The third-order valence-corrected chi connectivity index (χ3v) is 2.90. The van der Waals surface area contributed by atoms with Gasteiger partial charge in [-0.05, 0) is 24.6 Å². The number of hydrogen-bond donors (Lipinski definition) is 1. The molecule has 0 aliphatic carbocycles. The average Bonchev–Trinajstić information content (AvgIpc) is 2.38. The van der Waals surface area contributed by atoms with Crippen LogP contribution < -0.4 is 5.73 Å². The molecule has 0 saturated heterocycles. The van der Waals surface area contributed by atoms with Gasteiger partial charge in [-0.3, -0.25) is 0 Å². The van der Waals surface area contributed by atoms with Crippen LogP contribution in [0.3, 0.4) is 0 Å². The predicted molar refractivity (Wildman–Crippen MR) is 69.1 cm³/mol. The molecule has 0 saturated carbocycles. The number of hydrogen-bond acceptors (Lipinski definition) is 5. The summed E-state index contributed by atoms with van der Waals surface area (Å²) in [4.78, 5) is 0. The molecule has 1 aromatic carbocycles. The molecule has 0 fully saturated rings. The Bertz CT molecular complexity index is 383. The first-order valence-corrected chi connectivity index (χ1v) is 5.76. The largest absolute Gasteiger partial charge is 0.398 e. The molecule has 2 N–H and O–H groups in total. The van der Waals surface area contributed by atoms with Crippen LogP contribution in [0.15, 0.2) is 12.1 Å². The van der Waals surface area contributed by atoms with Gasteiger partial charge in [0.1, 0.15) is 0 Å². The first-order chi connectivity index (χ1) is 8.60. The lowest BCUT2D eigenvalue weighted by atomic mass is 10.1. The van der Waals surface area contributed by atoms with Crippen molar-refractivity contribution in [3.8, 4) is 0 Å². The molecule has 0 spiro atoms. The van der Waals surface area contributed by atoms with Crippen LogP contribution in [-0.2, 0) is 25.6 Å². The van der Waals surface area contributed by atoms with Crippen LogP contribution in [0.4, 0.5) is 5.69 Å². The summed E-state index contributed by atoms with van der Waals surface area (Å²) in [7, 11) is 2.96. The smallest absolute Gasteiger partial charge is 0.273 e. The minimum absolute atomic E-state index is 0.0394. The van der Waals surface area contributed by atoms with E-state index in [1.54, 1.807) is 12.1 Å². The Morgan fingerprint density at radius 2 is 1.94 bits per heavy atom. The molecule has 0 aliphatic rings. The third-order valence-electron chi connectivity index (χ3n) is 2.49. The second kappa shape index (κ2) is 7.56. The second-order valence-electron chi connectivity index (χ2n) is 3.63. The van der Waals surface area contributed by atoms with Crippen LogP contribution in [0.2, 0.25) is 5.02 Å². The summed E-state index contributed by atoms with van der Waals surface area (Å²) in [6.45, 7) is 1.52. The minimum Gasteiger partial charge on any atom is -0.398 e. The van der Waals surface area contributed by atoms with Gasteiger partial charge < -0.3 is 24.7 Å². The molecular formula is C12H18ClNO4. The fourth-order valence-electron chi connectivity index (χ4n) is 1.42. The van der Waals surface area contributed by atoms with Gasteiger partial charge in [0.25, 0.3) is 6.48 Å². The van der Waals surface area contributed by atoms with Gasteiger partial charge in [-0.1, -0.05) is 11.6 Å². The van der Waals surface area contributed by atoms with Crippen LogP contribution in [0.1, 0.15) is 11.1 Å². The fraction of sp³-hybridized carbons (Fsp3) is 0.500. The highest BCUT2D eigenvalue weighted by atomic mass is 35.5. The first-order valence-electron chi connectivity index (χ1n) is 5.38. The van der Waals surface area contributed by atoms with Crippen molar-refractivity contribution in [2.24, 2.45) is 0 Å². The SMILES string of the molecule is COC(OC)OCOCc1c(N)ccc(Cl)c1C. The van der Waals surface area contributed by atoms with Gasteiger partial charge in [0.05, 0.1) is 6.61 Å². The molecule has 0 amide bonds. The Kier molecular flexibility index (Phi) is 6.38. The zero-order valence-corrected chi connectivity index (χ0v) is 11.5. The minimum atomic E-state index is -0.734. The van der Waals surface area contributed by atoms with Crippen molar-refractivity contribution in [3.63, 3.8) is 0 Å². The molecule has 0 atom stereocenters. The molecule has 0 heterocycles. The highest BCUT2D eigenvalue weighted by molar-refractivity contribution is 6.31. The van der Waals surface area contributed by atoms with E-state index in [4.69, 9.17) is 36.3 Å². The summed E-state index contributed by atoms with van der Waals surface area (Å²) in [5.41, 5.74) is 8.27. The van der Waals surface area contributed by atoms with E-state index in [-0.39, 0.29) is 6.79 Å². The van der Waals surface area contributed by atoms with Crippen molar-refractivity contribution < 1.29 is 18.9 Å². The Balaban J connectivity index is 2.47. The highest BCUT2D eigenvalue weighted by Crippen LogP contribution is 2.24. The third kappa shape index (κ3) is 4.12. The zero-order valence-electron chi connectivity index (χ0n) is 10.7. The Hall–Kier alpha value is -0.850. The number of nitrogen functional groups attached to an aromatic ring is 1. The molecule has 0 radical (unpaired) electrons. The van der Waals surface area contributed by atoms with Gasteiger partial charge >= 0.3 is 0 Å². The number of benzene rings is 1. The van der Waals surface area contributed by atoms with Gasteiger partial charge in [-0.25, -0.2) is 0 Å². The summed E-state index contributed by atoms with van der Waals surface area (Å²) in [6.07, 6.45) is 0. The van der Waals surface area contributed by atoms with Crippen LogP contribution in [-0.4, -0.2) is 27.5 Å². The zero-order chi connectivity index (χ0) is 13.5. The van der Waals surface area contributed by atoms with Crippen molar-refractivity contribution in [1.82, 2.24) is 0 Å². The predicted octanol–water partition coefficient (Wildman–Crippen LogP) is 2.30. The number of ether oxygens (including phenoxy) is 4. The second-order valence-corrected chi connectivity index (χ2v) is 4.04. The molecule has 1 rings (SSSR count). The van der Waals surface area contributed by atoms with E-state index >= 15 is 0 Å². The lowest BCUT2D eigenvalue weighted by molar-refractivity contribution is -0.294. The molecule has 18 heavy (non-hydrogen) atoms. The number of anilines is 1. The van der Waals surface area contributed by atoms with Crippen LogP contribution in [0.25, 0.3) is 0 Å². The van der Waals surface area contributed by atoms with Gasteiger partial charge in [0.2, 0.25) is 0 Å². The fourth-order valence-corrected chi connectivity index (χ4v) is 1.60. The molecule has 0 bridgehead atoms. The van der Waals surface area contributed by atoms with Crippen LogP contribution in [0.5, 0.6) is 0 Å².